The van der Waals surface area contributed by atoms with Crippen molar-refractivity contribution in [3.05, 3.63) is 23.5 Å². The van der Waals surface area contributed by atoms with Crippen molar-refractivity contribution in [2.45, 2.75) is 32.3 Å². The minimum atomic E-state index is -0.375. The molecule has 0 radical (unpaired) electrons. The first-order chi connectivity index (χ1) is 6.70. The summed E-state index contributed by atoms with van der Waals surface area (Å²) in [6.45, 7) is 1.95. The molecule has 1 fully saturated rings. The number of benzene rings is 1. The van der Waals surface area contributed by atoms with Gasteiger partial charge in [0.1, 0.15) is 11.6 Å². The molecular weight excluding hydrogens is 181 g/mol. The van der Waals surface area contributed by atoms with Gasteiger partial charge in [0.25, 0.3) is 0 Å². The van der Waals surface area contributed by atoms with Crippen LogP contribution >= 0.6 is 0 Å². The molecule has 0 spiro atoms. The Morgan fingerprint density at radius 3 is 2.79 bits per heavy atom. The topological polar surface area (TPSA) is 35.2 Å². The normalized spacial score (nSPS) is 15.6. The Hall–Kier alpha value is -1.25. The second-order valence-electron chi connectivity index (χ2n) is 3.65. The Labute approximate surface area is 82.9 Å². The molecule has 76 valence electrons. The second kappa shape index (κ2) is 3.48. The highest BCUT2D eigenvalue weighted by Gasteiger charge is 2.24. The van der Waals surface area contributed by atoms with Gasteiger partial charge in [0.2, 0.25) is 0 Å². The summed E-state index contributed by atoms with van der Waals surface area (Å²) in [5, 5.41) is 0. The Balaban J connectivity index is 2.27. The van der Waals surface area contributed by atoms with Crippen molar-refractivity contribution in [1.29, 1.82) is 0 Å². The van der Waals surface area contributed by atoms with Crippen molar-refractivity contribution in [3.8, 4) is 5.75 Å². The largest absolute Gasteiger partial charge is 0.490 e. The number of ether oxygens (including phenoxy) is 1. The van der Waals surface area contributed by atoms with Crippen LogP contribution in [0.25, 0.3) is 0 Å². The molecule has 0 unspecified atom stereocenters. The lowest BCUT2D eigenvalue weighted by Gasteiger charge is -2.09. The van der Waals surface area contributed by atoms with Gasteiger partial charge >= 0.3 is 0 Å². The molecule has 1 saturated carbocycles. The van der Waals surface area contributed by atoms with Gasteiger partial charge in [0.15, 0.2) is 0 Å². The molecule has 0 aromatic heterocycles. The third kappa shape index (κ3) is 1.81. The second-order valence-corrected chi connectivity index (χ2v) is 3.65. The SMILES string of the molecule is CCc1cc(OC2CC2)cc(F)c1N. The molecule has 2 N–H and O–H groups in total. The number of hydrogen-bond donors (Lipinski definition) is 1. The van der Waals surface area contributed by atoms with Crippen molar-refractivity contribution < 1.29 is 9.13 Å². The van der Waals surface area contributed by atoms with Gasteiger partial charge in [-0.15, -0.1) is 0 Å². The fraction of sp³-hybridized carbons (Fsp3) is 0.455. The molecule has 0 bridgehead atoms. The van der Waals surface area contributed by atoms with Gasteiger partial charge in [-0.25, -0.2) is 4.39 Å². The van der Waals surface area contributed by atoms with Crippen LogP contribution in [0.3, 0.4) is 0 Å². The van der Waals surface area contributed by atoms with E-state index in [9.17, 15) is 4.39 Å². The third-order valence-electron chi connectivity index (χ3n) is 2.40. The molecule has 2 nitrogen and oxygen atoms in total. The Morgan fingerprint density at radius 2 is 2.21 bits per heavy atom. The highest BCUT2D eigenvalue weighted by Crippen LogP contribution is 2.30. The predicted octanol–water partition coefficient (Wildman–Crippen LogP) is 2.51. The number of halogens is 1. The molecule has 1 aliphatic rings. The predicted molar refractivity (Wildman–Crippen MR) is 53.8 cm³/mol. The number of nitrogens with two attached hydrogens (primary N) is 1. The number of rotatable bonds is 3. The summed E-state index contributed by atoms with van der Waals surface area (Å²) in [4.78, 5) is 0. The zero-order chi connectivity index (χ0) is 10.1. The molecule has 1 aromatic rings. The minimum Gasteiger partial charge on any atom is -0.490 e. The number of hydrogen-bond acceptors (Lipinski definition) is 2. The van der Waals surface area contributed by atoms with Crippen molar-refractivity contribution in [2.75, 3.05) is 5.73 Å². The van der Waals surface area contributed by atoms with E-state index in [1.165, 1.54) is 6.07 Å². The van der Waals surface area contributed by atoms with Gasteiger partial charge in [-0.3, -0.25) is 0 Å². The van der Waals surface area contributed by atoms with Crippen LogP contribution in [0.5, 0.6) is 5.75 Å². The van der Waals surface area contributed by atoms with Gasteiger partial charge in [0, 0.05) is 6.07 Å². The summed E-state index contributed by atoms with van der Waals surface area (Å²) in [5.41, 5.74) is 6.64. The molecule has 14 heavy (non-hydrogen) atoms. The van der Waals surface area contributed by atoms with Crippen LogP contribution in [0.2, 0.25) is 0 Å². The molecule has 0 aliphatic heterocycles. The minimum absolute atomic E-state index is 0.246. The summed E-state index contributed by atoms with van der Waals surface area (Å²) >= 11 is 0. The van der Waals surface area contributed by atoms with Gasteiger partial charge in [-0.05, 0) is 30.9 Å². The molecule has 0 saturated heterocycles. The standard InChI is InChI=1S/C11H14FNO/c1-2-7-5-9(14-8-3-4-8)6-10(12)11(7)13/h5-6,8H,2-4,13H2,1H3. The number of aryl methyl sites for hydroxylation is 1. The average molecular weight is 195 g/mol. The van der Waals surface area contributed by atoms with E-state index < -0.39 is 0 Å². The smallest absolute Gasteiger partial charge is 0.150 e. The van der Waals surface area contributed by atoms with Crippen LogP contribution in [0.1, 0.15) is 25.3 Å². The van der Waals surface area contributed by atoms with Gasteiger partial charge in [-0.1, -0.05) is 6.92 Å². The Bertz CT molecular complexity index is 347. The number of nitrogen functional groups attached to an aromatic ring is 1. The molecule has 3 heteroatoms. The van der Waals surface area contributed by atoms with E-state index in [0.29, 0.717) is 11.9 Å². The van der Waals surface area contributed by atoms with Crippen LogP contribution in [-0.4, -0.2) is 6.10 Å². The molecule has 0 heterocycles. The molecule has 1 aliphatic carbocycles. The van der Waals surface area contributed by atoms with E-state index in [-0.39, 0.29) is 11.5 Å². The maximum absolute atomic E-state index is 13.3. The molecule has 0 atom stereocenters. The van der Waals surface area contributed by atoms with Crippen LogP contribution in [0, 0.1) is 5.82 Å². The molecule has 1 aromatic carbocycles. The van der Waals surface area contributed by atoms with Crippen LogP contribution in [0.4, 0.5) is 10.1 Å². The van der Waals surface area contributed by atoms with Gasteiger partial charge in [-0.2, -0.15) is 0 Å². The van der Waals surface area contributed by atoms with E-state index in [0.717, 1.165) is 24.8 Å². The first-order valence-electron chi connectivity index (χ1n) is 4.95. The summed E-state index contributed by atoms with van der Waals surface area (Å²) in [6, 6.07) is 3.20. The lowest BCUT2D eigenvalue weighted by molar-refractivity contribution is 0.301. The maximum Gasteiger partial charge on any atom is 0.150 e. The summed E-state index contributed by atoms with van der Waals surface area (Å²) < 4.78 is 18.8. The first-order valence-corrected chi connectivity index (χ1v) is 4.95. The zero-order valence-electron chi connectivity index (χ0n) is 8.22. The summed E-state index contributed by atoms with van der Waals surface area (Å²) in [5.74, 6) is 0.232. The first kappa shape index (κ1) is 9.31. The zero-order valence-corrected chi connectivity index (χ0v) is 8.22. The van der Waals surface area contributed by atoms with Crippen molar-refractivity contribution >= 4 is 5.69 Å². The lowest BCUT2D eigenvalue weighted by atomic mass is 10.1. The Morgan fingerprint density at radius 1 is 1.50 bits per heavy atom. The fourth-order valence-electron chi connectivity index (χ4n) is 1.39. The quantitative estimate of drug-likeness (QED) is 0.752. The average Bonchev–Trinajstić information content (AvgIpc) is 2.95. The maximum atomic E-state index is 13.3. The van der Waals surface area contributed by atoms with Crippen LogP contribution in [-0.2, 0) is 6.42 Å². The lowest BCUT2D eigenvalue weighted by Crippen LogP contribution is -2.01. The third-order valence-corrected chi connectivity index (χ3v) is 2.40. The highest BCUT2D eigenvalue weighted by atomic mass is 19.1. The summed E-state index contributed by atoms with van der Waals surface area (Å²) in [6.07, 6.45) is 3.17. The number of anilines is 1. The van der Waals surface area contributed by atoms with Gasteiger partial charge < -0.3 is 10.5 Å². The monoisotopic (exact) mass is 195 g/mol. The summed E-state index contributed by atoms with van der Waals surface area (Å²) in [7, 11) is 0. The van der Waals surface area contributed by atoms with Crippen molar-refractivity contribution in [1.82, 2.24) is 0 Å². The van der Waals surface area contributed by atoms with Gasteiger partial charge in [0.05, 0.1) is 11.8 Å². The van der Waals surface area contributed by atoms with Crippen molar-refractivity contribution in [2.24, 2.45) is 0 Å². The van der Waals surface area contributed by atoms with E-state index in [1.54, 1.807) is 0 Å². The molecule has 0 amide bonds. The molecule has 2 rings (SSSR count). The van der Waals surface area contributed by atoms with E-state index in [4.69, 9.17) is 10.5 Å². The van der Waals surface area contributed by atoms with E-state index in [1.807, 2.05) is 13.0 Å². The van der Waals surface area contributed by atoms with E-state index >= 15 is 0 Å². The Kier molecular flexibility index (Phi) is 2.32. The van der Waals surface area contributed by atoms with E-state index in [2.05, 4.69) is 0 Å². The van der Waals surface area contributed by atoms with Crippen LogP contribution < -0.4 is 10.5 Å². The van der Waals surface area contributed by atoms with Crippen molar-refractivity contribution in [3.63, 3.8) is 0 Å². The molecular formula is C11H14FNO. The van der Waals surface area contributed by atoms with Crippen LogP contribution in [0.15, 0.2) is 12.1 Å². The fourth-order valence-corrected chi connectivity index (χ4v) is 1.39. The highest BCUT2D eigenvalue weighted by molar-refractivity contribution is 5.51.